The highest BCUT2D eigenvalue weighted by atomic mass is 16.5. The van der Waals surface area contributed by atoms with E-state index in [-0.39, 0.29) is 37.9 Å². The minimum Gasteiger partial charge on any atom is -0.381 e. The van der Waals surface area contributed by atoms with Crippen LogP contribution < -0.4 is 37.2 Å². The second-order valence-electron chi connectivity index (χ2n) is 18.4. The Hall–Kier alpha value is -4.36. The Labute approximate surface area is 407 Å². The summed E-state index contributed by atoms with van der Waals surface area (Å²) in [6, 6.07) is -6.63. The van der Waals surface area contributed by atoms with Gasteiger partial charge in [-0.2, -0.15) is 0 Å². The van der Waals surface area contributed by atoms with Crippen LogP contribution in [0.4, 0.5) is 0 Å². The molecule has 68 heavy (non-hydrogen) atoms. The van der Waals surface area contributed by atoms with E-state index in [1.807, 2.05) is 27.7 Å². The van der Waals surface area contributed by atoms with Crippen molar-refractivity contribution >= 4 is 47.3 Å². The molecule has 0 fully saturated rings. The molecule has 0 aliphatic heterocycles. The molecule has 0 rings (SSSR count). The lowest BCUT2D eigenvalue weighted by Crippen LogP contribution is -2.60. The Bertz CT molecular complexity index is 1500. The number of rotatable bonds is 39. The number of nitrogens with one attached hydrogen (secondary N) is 7. The predicted molar refractivity (Wildman–Crippen MR) is 263 cm³/mol. The molecule has 0 bridgehead atoms. The molecule has 0 aromatic carbocycles. The van der Waals surface area contributed by atoms with Crippen LogP contribution in [0.1, 0.15) is 171 Å². The molecular weight excluding hydrogens is 877 g/mol. The molecule has 0 aliphatic carbocycles. The van der Waals surface area contributed by atoms with Gasteiger partial charge in [-0.25, -0.2) is 0 Å². The standard InChI is InChI=1S/C49H92N8O11/c1-12-15-18-19-20-21-22-23-24-25-26-27-40(58)55-39(32-67-28-16-13-2)47(64)53-35(7)44(61)51-31-41(59)57(11)42(37(9)68-29-17-14-3)48(65)54-36(8)45(62)56-38(30-33(4)5)46(63)52-34(6)43(60)49(66)50-10/h33-39,42-43,60H,12-32H2,1-11H3,(H,50,66)(H,51,61)(H,52,63)(H,53,64)(H,54,65)(H,55,58)(H,56,62)/t34?,35-,36+,37?,38+,39-,42+,43?/m1/s1. The van der Waals surface area contributed by atoms with Crippen LogP contribution in [0.2, 0.25) is 0 Å². The molecule has 0 saturated heterocycles. The number of aliphatic hydroxyl groups is 1. The van der Waals surface area contributed by atoms with E-state index in [1.54, 1.807) is 6.92 Å². The van der Waals surface area contributed by atoms with Crippen LogP contribution in [0.3, 0.4) is 0 Å². The molecule has 8 atom stereocenters. The minimum atomic E-state index is -1.53. The lowest BCUT2D eigenvalue weighted by molar-refractivity contribution is -0.145. The van der Waals surface area contributed by atoms with Crippen molar-refractivity contribution in [3.05, 3.63) is 0 Å². The number of amides is 8. The lowest BCUT2D eigenvalue weighted by Gasteiger charge is -2.33. The van der Waals surface area contributed by atoms with Gasteiger partial charge in [-0.3, -0.25) is 38.4 Å². The highest BCUT2D eigenvalue weighted by Crippen LogP contribution is 2.13. The topological polar surface area (TPSA) is 263 Å². The fraction of sp³-hybridized carbons (Fsp3) is 0.837. The van der Waals surface area contributed by atoms with Crippen molar-refractivity contribution in [2.75, 3.05) is 40.5 Å². The molecule has 0 radical (unpaired) electrons. The number of ether oxygens (including phenoxy) is 2. The number of hydrogen-bond donors (Lipinski definition) is 8. The van der Waals surface area contributed by atoms with E-state index >= 15 is 0 Å². The zero-order valence-electron chi connectivity index (χ0n) is 43.5. The average Bonchev–Trinajstić information content (AvgIpc) is 3.29. The maximum absolute atomic E-state index is 13.9. The van der Waals surface area contributed by atoms with Crippen molar-refractivity contribution < 1.29 is 52.9 Å². The van der Waals surface area contributed by atoms with Gasteiger partial charge >= 0.3 is 0 Å². The number of carbonyl (C=O) groups is 8. The van der Waals surface area contributed by atoms with Gasteiger partial charge < -0.3 is 56.7 Å². The van der Waals surface area contributed by atoms with E-state index in [1.165, 1.54) is 79.8 Å². The van der Waals surface area contributed by atoms with Gasteiger partial charge in [0.15, 0.2) is 6.10 Å². The summed E-state index contributed by atoms with van der Waals surface area (Å²) >= 11 is 0. The Morgan fingerprint density at radius 2 is 1.07 bits per heavy atom. The molecule has 8 amide bonds. The number of aliphatic hydroxyl groups excluding tert-OH is 1. The van der Waals surface area contributed by atoms with Crippen molar-refractivity contribution in [2.24, 2.45) is 5.92 Å². The van der Waals surface area contributed by atoms with Crippen LogP contribution >= 0.6 is 0 Å². The number of nitrogens with zero attached hydrogens (tertiary/aromatic N) is 1. The zero-order valence-corrected chi connectivity index (χ0v) is 43.5. The monoisotopic (exact) mass is 969 g/mol. The second-order valence-corrected chi connectivity index (χ2v) is 18.4. The maximum Gasteiger partial charge on any atom is 0.250 e. The van der Waals surface area contributed by atoms with Crippen molar-refractivity contribution in [3.8, 4) is 0 Å². The van der Waals surface area contributed by atoms with Gasteiger partial charge in [-0.15, -0.1) is 0 Å². The molecule has 0 spiro atoms. The fourth-order valence-corrected chi connectivity index (χ4v) is 7.17. The largest absolute Gasteiger partial charge is 0.381 e. The van der Waals surface area contributed by atoms with E-state index < -0.39 is 96.4 Å². The van der Waals surface area contributed by atoms with Crippen LogP contribution in [0.15, 0.2) is 0 Å². The van der Waals surface area contributed by atoms with Crippen molar-refractivity contribution in [1.82, 2.24) is 42.1 Å². The summed E-state index contributed by atoms with van der Waals surface area (Å²) in [6.45, 7) is 15.9. The molecular formula is C49H92N8O11. The quantitative estimate of drug-likeness (QED) is 0.0415. The maximum atomic E-state index is 13.9. The summed E-state index contributed by atoms with van der Waals surface area (Å²) in [5, 5.41) is 28.3. The molecule has 0 aliphatic rings. The summed E-state index contributed by atoms with van der Waals surface area (Å²) < 4.78 is 11.6. The fourth-order valence-electron chi connectivity index (χ4n) is 7.17. The highest BCUT2D eigenvalue weighted by Gasteiger charge is 2.36. The molecule has 0 aromatic rings. The molecule has 0 saturated carbocycles. The smallest absolute Gasteiger partial charge is 0.250 e. The third kappa shape index (κ3) is 27.6. The first-order valence-corrected chi connectivity index (χ1v) is 25.4. The number of carbonyl (C=O) groups excluding carboxylic acids is 8. The Morgan fingerprint density at radius 3 is 1.63 bits per heavy atom. The molecule has 19 nitrogen and oxygen atoms in total. The predicted octanol–water partition coefficient (Wildman–Crippen LogP) is 3.29. The molecule has 19 heteroatoms. The van der Waals surface area contributed by atoms with Gasteiger partial charge in [0, 0.05) is 33.7 Å². The first-order valence-electron chi connectivity index (χ1n) is 25.4. The van der Waals surface area contributed by atoms with Crippen molar-refractivity contribution in [1.29, 1.82) is 0 Å². The first kappa shape index (κ1) is 63.6. The number of likely N-dealkylation sites (N-methyl/N-ethyl adjacent to an activating group) is 2. The summed E-state index contributed by atoms with van der Waals surface area (Å²) in [6.07, 6.45) is 13.9. The van der Waals surface area contributed by atoms with E-state index in [4.69, 9.17) is 9.47 Å². The van der Waals surface area contributed by atoms with Crippen LogP contribution in [0.25, 0.3) is 0 Å². The molecule has 3 unspecified atom stereocenters. The third-order valence-electron chi connectivity index (χ3n) is 11.6. The van der Waals surface area contributed by atoms with Crippen LogP contribution in [0, 0.1) is 5.92 Å². The molecule has 8 N–H and O–H groups in total. The molecule has 0 heterocycles. The van der Waals surface area contributed by atoms with E-state index in [0.29, 0.717) is 19.4 Å². The zero-order chi connectivity index (χ0) is 51.6. The normalized spacial score (nSPS) is 14.8. The van der Waals surface area contributed by atoms with E-state index in [2.05, 4.69) is 44.1 Å². The van der Waals surface area contributed by atoms with Gasteiger partial charge in [0.05, 0.1) is 25.3 Å². The Balaban J connectivity index is 5.62. The third-order valence-corrected chi connectivity index (χ3v) is 11.6. The first-order chi connectivity index (χ1) is 32.2. The van der Waals surface area contributed by atoms with Crippen molar-refractivity contribution in [2.45, 2.75) is 220 Å². The summed E-state index contributed by atoms with van der Waals surface area (Å²) in [5.74, 6) is -5.05. The van der Waals surface area contributed by atoms with E-state index in [9.17, 15) is 43.5 Å². The van der Waals surface area contributed by atoms with Crippen molar-refractivity contribution in [3.63, 3.8) is 0 Å². The van der Waals surface area contributed by atoms with E-state index in [0.717, 1.165) is 43.4 Å². The Kier molecular flexibility index (Phi) is 35.1. The summed E-state index contributed by atoms with van der Waals surface area (Å²) in [5.41, 5.74) is 0. The highest BCUT2D eigenvalue weighted by molar-refractivity contribution is 5.96. The lowest BCUT2D eigenvalue weighted by atomic mass is 10.0. The molecule has 0 aromatic heterocycles. The molecule has 394 valence electrons. The average molecular weight is 969 g/mol. The second kappa shape index (κ2) is 37.5. The van der Waals surface area contributed by atoms with Gasteiger partial charge in [0.25, 0.3) is 5.91 Å². The van der Waals surface area contributed by atoms with Gasteiger partial charge in [0.1, 0.15) is 30.2 Å². The van der Waals surface area contributed by atoms with Crippen LogP contribution in [-0.2, 0) is 47.8 Å². The minimum absolute atomic E-state index is 0.0478. The van der Waals surface area contributed by atoms with Gasteiger partial charge in [0.2, 0.25) is 41.4 Å². The van der Waals surface area contributed by atoms with Crippen LogP contribution in [-0.4, -0.2) is 146 Å². The number of unbranched alkanes of at least 4 members (excludes halogenated alkanes) is 12. The number of hydrogen-bond acceptors (Lipinski definition) is 11. The summed E-state index contributed by atoms with van der Waals surface area (Å²) in [4.78, 5) is 107. The Morgan fingerprint density at radius 1 is 0.559 bits per heavy atom. The van der Waals surface area contributed by atoms with Gasteiger partial charge in [-0.1, -0.05) is 112 Å². The van der Waals surface area contributed by atoms with Gasteiger partial charge in [-0.05, 0) is 59.3 Å². The SMILES string of the molecule is CCCCCCCCCCCCCC(=O)N[C@H](COCCCC)C(=O)N[C@H](C)C(=O)NCC(=O)N(C)[C@H](C(=O)N[C@@H](C)C(=O)N[C@@H](CC(C)C)C(=O)NC(C)C(O)C(=O)NC)C(C)OCCCC. The summed E-state index contributed by atoms with van der Waals surface area (Å²) in [7, 11) is 2.72. The van der Waals surface area contributed by atoms with Crippen LogP contribution in [0.5, 0.6) is 0 Å².